The number of hydrogen-bond acceptors (Lipinski definition) is 5. The summed E-state index contributed by atoms with van der Waals surface area (Å²) in [6, 6.07) is 9.05. The van der Waals surface area contributed by atoms with Gasteiger partial charge in [0.05, 0.1) is 11.1 Å². The van der Waals surface area contributed by atoms with Crippen LogP contribution in [0.25, 0.3) is 11.3 Å². The first-order valence-corrected chi connectivity index (χ1v) is 10.0. The molecular weight excluding hydrogens is 398 g/mol. The number of aryl methyl sites for hydroxylation is 3. The Bertz CT molecular complexity index is 979. The molecule has 0 spiro atoms. The van der Waals surface area contributed by atoms with E-state index in [0.717, 1.165) is 22.4 Å². The van der Waals surface area contributed by atoms with Crippen LogP contribution in [-0.4, -0.2) is 16.8 Å². The van der Waals surface area contributed by atoms with E-state index < -0.39 is 0 Å². The standard InChI is InChI=1S/C20H20ClN3O3S/c1-3-16-12(2)10-17(28-16)20(26)24-23-18(25)8-9-19-22-11-15(27-19)13-4-6-14(21)7-5-13/h4-7,10-11H,3,8-9H2,1-2H3,(H,23,25)(H,24,26). The summed E-state index contributed by atoms with van der Waals surface area (Å²) in [5, 5.41) is 0.644. The zero-order valence-corrected chi connectivity index (χ0v) is 17.1. The maximum atomic E-state index is 12.1. The highest BCUT2D eigenvalue weighted by molar-refractivity contribution is 7.14. The molecule has 0 bridgehead atoms. The Hall–Kier alpha value is -2.64. The minimum atomic E-state index is -0.317. The van der Waals surface area contributed by atoms with Gasteiger partial charge in [-0.1, -0.05) is 18.5 Å². The lowest BCUT2D eigenvalue weighted by molar-refractivity contribution is -0.121. The van der Waals surface area contributed by atoms with Gasteiger partial charge in [-0.3, -0.25) is 20.4 Å². The molecule has 0 saturated heterocycles. The molecule has 3 rings (SSSR count). The number of hydrazine groups is 1. The van der Waals surface area contributed by atoms with Crippen LogP contribution in [0.1, 0.15) is 39.3 Å². The first kappa shape index (κ1) is 20.1. The number of nitrogens with one attached hydrogen (secondary N) is 2. The van der Waals surface area contributed by atoms with E-state index >= 15 is 0 Å². The molecule has 8 heteroatoms. The normalized spacial score (nSPS) is 10.7. The van der Waals surface area contributed by atoms with E-state index in [1.165, 1.54) is 11.3 Å². The zero-order valence-electron chi connectivity index (χ0n) is 15.5. The Morgan fingerprint density at radius 2 is 1.96 bits per heavy atom. The number of halogens is 1. The monoisotopic (exact) mass is 417 g/mol. The van der Waals surface area contributed by atoms with Crippen molar-refractivity contribution in [2.75, 3.05) is 0 Å². The predicted octanol–water partition coefficient (Wildman–Crippen LogP) is 4.32. The number of oxazole rings is 1. The highest BCUT2D eigenvalue weighted by Gasteiger charge is 2.13. The van der Waals surface area contributed by atoms with Gasteiger partial charge in [0.1, 0.15) is 0 Å². The van der Waals surface area contributed by atoms with Gasteiger partial charge in [-0.25, -0.2) is 4.98 Å². The van der Waals surface area contributed by atoms with Crippen molar-refractivity contribution in [2.45, 2.75) is 33.1 Å². The van der Waals surface area contributed by atoms with Crippen LogP contribution < -0.4 is 10.9 Å². The van der Waals surface area contributed by atoms with Gasteiger partial charge in [-0.2, -0.15) is 0 Å². The molecule has 0 unspecified atom stereocenters. The second-order valence-electron chi connectivity index (χ2n) is 6.20. The summed E-state index contributed by atoms with van der Waals surface area (Å²) in [4.78, 5) is 30.1. The van der Waals surface area contributed by atoms with Crippen LogP contribution >= 0.6 is 22.9 Å². The number of carbonyl (C=O) groups is 2. The Labute approximate surface area is 171 Å². The van der Waals surface area contributed by atoms with Gasteiger partial charge < -0.3 is 4.42 Å². The average Bonchev–Trinajstić information content (AvgIpc) is 3.31. The number of nitrogens with zero attached hydrogens (tertiary/aromatic N) is 1. The van der Waals surface area contributed by atoms with E-state index in [1.54, 1.807) is 18.3 Å². The summed E-state index contributed by atoms with van der Waals surface area (Å²) in [6.07, 6.45) is 2.96. The smallest absolute Gasteiger partial charge is 0.279 e. The summed E-state index contributed by atoms with van der Waals surface area (Å²) in [7, 11) is 0. The first-order chi connectivity index (χ1) is 13.5. The van der Waals surface area contributed by atoms with Crippen molar-refractivity contribution < 1.29 is 14.0 Å². The van der Waals surface area contributed by atoms with Crippen molar-refractivity contribution in [3.05, 3.63) is 62.8 Å². The summed E-state index contributed by atoms with van der Waals surface area (Å²) < 4.78 is 5.66. The predicted molar refractivity (Wildman–Crippen MR) is 109 cm³/mol. The summed E-state index contributed by atoms with van der Waals surface area (Å²) >= 11 is 7.31. The molecule has 2 heterocycles. The average molecular weight is 418 g/mol. The second kappa shape index (κ2) is 9.03. The first-order valence-electron chi connectivity index (χ1n) is 8.85. The number of benzene rings is 1. The van der Waals surface area contributed by atoms with E-state index in [4.69, 9.17) is 16.0 Å². The quantitative estimate of drug-likeness (QED) is 0.585. The number of hydrogen-bond donors (Lipinski definition) is 2. The molecular formula is C20H20ClN3O3S. The molecule has 0 atom stereocenters. The van der Waals surface area contributed by atoms with Crippen LogP contribution in [0.15, 0.2) is 40.9 Å². The fourth-order valence-electron chi connectivity index (χ4n) is 2.63. The van der Waals surface area contributed by atoms with Crippen molar-refractivity contribution >= 4 is 34.8 Å². The molecule has 2 aromatic heterocycles. The topological polar surface area (TPSA) is 84.2 Å². The molecule has 0 aliphatic heterocycles. The van der Waals surface area contributed by atoms with Gasteiger partial charge in [-0.05, 0) is 49.2 Å². The van der Waals surface area contributed by atoms with Crippen LogP contribution in [0.4, 0.5) is 0 Å². The Morgan fingerprint density at radius 3 is 2.64 bits per heavy atom. The van der Waals surface area contributed by atoms with Gasteiger partial charge >= 0.3 is 0 Å². The van der Waals surface area contributed by atoms with E-state index in [2.05, 4.69) is 15.8 Å². The van der Waals surface area contributed by atoms with Gasteiger partial charge in [-0.15, -0.1) is 11.3 Å². The molecule has 146 valence electrons. The SMILES string of the molecule is CCc1sc(C(=O)NNC(=O)CCc2ncc(-c3ccc(Cl)cc3)o2)cc1C. The zero-order chi connectivity index (χ0) is 20.1. The Kier molecular flexibility index (Phi) is 6.49. The molecule has 0 radical (unpaired) electrons. The molecule has 6 nitrogen and oxygen atoms in total. The molecule has 0 fully saturated rings. The third-order valence-electron chi connectivity index (χ3n) is 4.13. The highest BCUT2D eigenvalue weighted by atomic mass is 35.5. The fraction of sp³-hybridized carbons (Fsp3) is 0.250. The maximum absolute atomic E-state index is 12.1. The molecule has 2 N–H and O–H groups in total. The number of amides is 2. The molecule has 1 aromatic carbocycles. The third-order valence-corrected chi connectivity index (χ3v) is 5.76. The van der Waals surface area contributed by atoms with Gasteiger partial charge in [0.15, 0.2) is 11.7 Å². The van der Waals surface area contributed by atoms with Gasteiger partial charge in [0, 0.05) is 28.3 Å². The van der Waals surface area contributed by atoms with E-state index in [-0.39, 0.29) is 18.2 Å². The van der Waals surface area contributed by atoms with E-state index in [9.17, 15) is 9.59 Å². The fourth-order valence-corrected chi connectivity index (χ4v) is 3.76. The summed E-state index contributed by atoms with van der Waals surface area (Å²) in [5.74, 6) is 0.430. The van der Waals surface area contributed by atoms with E-state index in [1.807, 2.05) is 32.0 Å². The lowest BCUT2D eigenvalue weighted by atomic mass is 10.2. The van der Waals surface area contributed by atoms with Crippen LogP contribution in [0, 0.1) is 6.92 Å². The minimum absolute atomic E-state index is 0.143. The van der Waals surface area contributed by atoms with Crippen LogP contribution in [0.3, 0.4) is 0 Å². The van der Waals surface area contributed by atoms with Gasteiger partial charge in [0.2, 0.25) is 5.91 Å². The molecule has 3 aromatic rings. The molecule has 0 aliphatic carbocycles. The summed E-state index contributed by atoms with van der Waals surface area (Å²) in [6.45, 7) is 4.02. The lowest BCUT2D eigenvalue weighted by Crippen LogP contribution is -2.41. The number of thiophene rings is 1. The molecule has 0 aliphatic rings. The van der Waals surface area contributed by atoms with Crippen molar-refractivity contribution in [1.82, 2.24) is 15.8 Å². The van der Waals surface area contributed by atoms with Gasteiger partial charge in [0.25, 0.3) is 5.91 Å². The van der Waals surface area contributed by atoms with Crippen LogP contribution in [0.2, 0.25) is 5.02 Å². The number of aromatic nitrogens is 1. The van der Waals surface area contributed by atoms with Crippen molar-refractivity contribution in [1.29, 1.82) is 0 Å². The summed E-state index contributed by atoms with van der Waals surface area (Å²) in [5.41, 5.74) is 6.82. The van der Waals surface area contributed by atoms with Crippen molar-refractivity contribution in [2.24, 2.45) is 0 Å². The van der Waals surface area contributed by atoms with E-state index in [0.29, 0.717) is 28.0 Å². The van der Waals surface area contributed by atoms with Crippen LogP contribution in [0.5, 0.6) is 0 Å². The van der Waals surface area contributed by atoms with Crippen LogP contribution in [-0.2, 0) is 17.6 Å². The van der Waals surface area contributed by atoms with Crippen molar-refractivity contribution in [3.8, 4) is 11.3 Å². The largest absolute Gasteiger partial charge is 0.441 e. The Morgan fingerprint density at radius 1 is 1.21 bits per heavy atom. The minimum Gasteiger partial charge on any atom is -0.441 e. The molecule has 0 saturated carbocycles. The lowest BCUT2D eigenvalue weighted by Gasteiger charge is -2.05. The maximum Gasteiger partial charge on any atom is 0.279 e. The molecule has 28 heavy (non-hydrogen) atoms. The van der Waals surface area contributed by atoms with Crippen molar-refractivity contribution in [3.63, 3.8) is 0 Å². The number of carbonyl (C=O) groups excluding carboxylic acids is 2. The molecule has 2 amide bonds. The number of rotatable bonds is 6. The third kappa shape index (κ3) is 4.99. The Balaban J connectivity index is 1.48. The highest BCUT2D eigenvalue weighted by Crippen LogP contribution is 2.23. The second-order valence-corrected chi connectivity index (χ2v) is 7.77.